The Morgan fingerprint density at radius 2 is 0.970 bits per heavy atom. The predicted octanol–water partition coefficient (Wildman–Crippen LogP) is 5.70. The number of aliphatic imine (C=N–C) groups is 2. The first-order valence-corrected chi connectivity index (χ1v) is 13.6. The Hall–Kier alpha value is -3.42. The van der Waals surface area contributed by atoms with Crippen LogP contribution in [0.1, 0.15) is 33.4 Å². The molecule has 2 aliphatic carbocycles. The van der Waals surface area contributed by atoms with E-state index < -0.39 is 23.2 Å². The molecule has 0 spiro atoms. The number of hydrogen-bond donors (Lipinski definition) is 0. The molecule has 8 rings (SSSR count). The van der Waals surface area contributed by atoms with Crippen LogP contribution in [0.15, 0.2) is 94.9 Å². The Morgan fingerprint density at radius 3 is 1.48 bits per heavy atom. The minimum absolute atomic E-state index is 1.11. The summed E-state index contributed by atoms with van der Waals surface area (Å²) in [6.45, 7) is 0. The van der Waals surface area contributed by atoms with E-state index in [4.69, 9.17) is 9.98 Å². The molecule has 150 valence electrons. The molecule has 0 unspecified atom stereocenters. The molecule has 0 fully saturated rings. The summed E-state index contributed by atoms with van der Waals surface area (Å²) in [6.07, 6.45) is 4.66. The second-order valence-electron chi connectivity index (χ2n) is 8.74. The van der Waals surface area contributed by atoms with E-state index in [0.717, 1.165) is 22.8 Å². The molecule has 2 heterocycles. The van der Waals surface area contributed by atoms with Gasteiger partial charge in [-0.15, -0.1) is 0 Å². The Labute approximate surface area is 203 Å². The van der Waals surface area contributed by atoms with Crippen LogP contribution in [-0.4, -0.2) is 11.4 Å². The average Bonchev–Trinajstić information content (AvgIpc) is 3.57. The second kappa shape index (κ2) is 6.56. The van der Waals surface area contributed by atoms with Crippen molar-refractivity contribution < 1.29 is 23.2 Å². The van der Waals surface area contributed by atoms with Gasteiger partial charge in [0.05, 0.1) is 0 Å². The van der Waals surface area contributed by atoms with Gasteiger partial charge in [-0.2, -0.15) is 0 Å². The molecule has 0 amide bonds. The Balaban J connectivity index is 1.24. The zero-order chi connectivity index (χ0) is 21.5. The summed E-state index contributed by atoms with van der Waals surface area (Å²) in [6, 6.07) is 30.6. The van der Waals surface area contributed by atoms with Gasteiger partial charge in [0.2, 0.25) is 0 Å². The molecule has 2 nitrogen and oxygen atoms in total. The molecule has 4 aromatic rings. The number of allylic oxidation sites excluding steroid dienone is 2. The Kier molecular flexibility index (Phi) is 3.59. The number of nitrogens with zero attached hydrogens (tertiary/aromatic N) is 2. The number of hydrogen-bond acceptors (Lipinski definition) is 2. The topological polar surface area (TPSA) is 24.7 Å². The van der Waals surface area contributed by atoms with Crippen molar-refractivity contribution in [2.45, 2.75) is 0 Å². The summed E-state index contributed by atoms with van der Waals surface area (Å²) in [5, 5.41) is 0. The van der Waals surface area contributed by atoms with E-state index >= 15 is 0 Å². The minimum atomic E-state index is -1.11. The summed E-state index contributed by atoms with van der Waals surface area (Å²) < 4.78 is 2.98. The van der Waals surface area contributed by atoms with Gasteiger partial charge in [-0.1, -0.05) is 0 Å². The molecule has 0 atom stereocenters. The molecule has 4 aromatic carbocycles. The summed E-state index contributed by atoms with van der Waals surface area (Å²) in [4.78, 5) is 10.1. The van der Waals surface area contributed by atoms with Crippen LogP contribution >= 0.6 is 0 Å². The van der Waals surface area contributed by atoms with Crippen molar-refractivity contribution in [1.82, 2.24) is 0 Å². The first-order chi connectivity index (χ1) is 16.3. The predicted molar refractivity (Wildman–Crippen MR) is 133 cm³/mol. The first-order valence-electron chi connectivity index (χ1n) is 11.2. The molecule has 0 N–H and O–H groups in total. The molecule has 0 saturated carbocycles. The first kappa shape index (κ1) is 18.1. The Bertz CT molecular complexity index is 1560. The van der Waals surface area contributed by atoms with Crippen molar-refractivity contribution >= 4 is 52.6 Å². The molecule has 33 heavy (non-hydrogen) atoms. The quantitative estimate of drug-likeness (QED) is 0.341. The SMILES string of the molecule is C1=C2C(=Nc3ccc[c]([Zr][c]4cccc5c4C4=Cc6ccccc6C4=N5)c32)c2ccccc21. The van der Waals surface area contributed by atoms with Crippen molar-refractivity contribution in [2.75, 3.05) is 0 Å². The zero-order valence-corrected chi connectivity index (χ0v) is 20.1. The van der Waals surface area contributed by atoms with Crippen LogP contribution in [-0.2, 0) is 23.2 Å². The number of rotatable bonds is 2. The fraction of sp³-hybridized carbons (Fsp3) is 0. The molecule has 0 aromatic heterocycles. The van der Waals surface area contributed by atoms with Crippen LogP contribution in [0.4, 0.5) is 11.4 Å². The zero-order valence-electron chi connectivity index (χ0n) is 17.6. The molecule has 3 heteroatoms. The van der Waals surface area contributed by atoms with Gasteiger partial charge in [0, 0.05) is 0 Å². The molecule has 4 aliphatic rings. The van der Waals surface area contributed by atoms with Crippen molar-refractivity contribution in [1.29, 1.82) is 0 Å². The normalized spacial score (nSPS) is 15.4. The van der Waals surface area contributed by atoms with Crippen LogP contribution < -0.4 is 6.54 Å². The van der Waals surface area contributed by atoms with Gasteiger partial charge in [-0.05, 0) is 0 Å². The molecule has 0 saturated heterocycles. The molecular formula is C30H16N2Zr. The van der Waals surface area contributed by atoms with E-state index in [1.807, 2.05) is 0 Å². The van der Waals surface area contributed by atoms with E-state index in [-0.39, 0.29) is 0 Å². The van der Waals surface area contributed by atoms with Gasteiger partial charge in [0.1, 0.15) is 0 Å². The van der Waals surface area contributed by atoms with Crippen molar-refractivity contribution in [3.8, 4) is 0 Å². The maximum absolute atomic E-state index is 5.05. The van der Waals surface area contributed by atoms with E-state index in [1.54, 1.807) is 0 Å². The molecule has 0 bridgehead atoms. The van der Waals surface area contributed by atoms with E-state index in [2.05, 4.69) is 97.1 Å². The van der Waals surface area contributed by atoms with Crippen molar-refractivity contribution in [3.63, 3.8) is 0 Å². The van der Waals surface area contributed by atoms with Crippen LogP contribution in [0.5, 0.6) is 0 Å². The third-order valence-corrected chi connectivity index (χ3v) is 10.3. The molecule has 0 radical (unpaired) electrons. The number of fused-ring (bicyclic) bond motifs is 10. The summed E-state index contributed by atoms with van der Waals surface area (Å²) in [5.74, 6) is 0. The van der Waals surface area contributed by atoms with Gasteiger partial charge >= 0.3 is 204 Å². The third-order valence-electron chi connectivity index (χ3n) is 6.90. The van der Waals surface area contributed by atoms with E-state index in [0.29, 0.717) is 0 Å². The monoisotopic (exact) mass is 494 g/mol. The standard InChI is InChI=1S/2C15H8N.Zr/c2*1-2-6-11-10(5-1)9-13-12-7-3-4-8-14(12)16-15(11)13;/h2*1-6,8-9H;. The van der Waals surface area contributed by atoms with Crippen LogP contribution in [0.3, 0.4) is 0 Å². The maximum atomic E-state index is 5.05. The third kappa shape index (κ3) is 2.46. The van der Waals surface area contributed by atoms with Gasteiger partial charge < -0.3 is 0 Å². The van der Waals surface area contributed by atoms with Gasteiger partial charge in [-0.25, -0.2) is 0 Å². The summed E-state index contributed by atoms with van der Waals surface area (Å²) in [7, 11) is 0. The fourth-order valence-corrected chi connectivity index (χ4v) is 8.97. The van der Waals surface area contributed by atoms with Gasteiger partial charge in [0.25, 0.3) is 0 Å². The van der Waals surface area contributed by atoms with Crippen LogP contribution in [0.2, 0.25) is 0 Å². The second-order valence-corrected chi connectivity index (χ2v) is 12.0. The van der Waals surface area contributed by atoms with E-state index in [9.17, 15) is 0 Å². The fourth-order valence-electron chi connectivity index (χ4n) is 5.46. The molecular weight excluding hydrogens is 480 g/mol. The van der Waals surface area contributed by atoms with E-state index in [1.165, 1.54) is 51.1 Å². The average molecular weight is 496 g/mol. The van der Waals surface area contributed by atoms with Crippen molar-refractivity contribution in [3.05, 3.63) is 118 Å². The Morgan fingerprint density at radius 1 is 0.485 bits per heavy atom. The van der Waals surface area contributed by atoms with Crippen LogP contribution in [0.25, 0.3) is 23.3 Å². The van der Waals surface area contributed by atoms with Gasteiger partial charge in [0.15, 0.2) is 0 Å². The van der Waals surface area contributed by atoms with Crippen LogP contribution in [0, 0.1) is 0 Å². The van der Waals surface area contributed by atoms with Crippen molar-refractivity contribution in [2.24, 2.45) is 9.98 Å². The summed E-state index contributed by atoms with van der Waals surface area (Å²) in [5.41, 5.74) is 14.9. The molecule has 2 aliphatic heterocycles. The summed E-state index contributed by atoms with van der Waals surface area (Å²) >= 11 is -1.11. The number of benzene rings is 4. The van der Waals surface area contributed by atoms with Gasteiger partial charge in [-0.3, -0.25) is 0 Å².